The van der Waals surface area contributed by atoms with Crippen LogP contribution in [0.2, 0.25) is 0 Å². The molecule has 0 unspecified atom stereocenters. The van der Waals surface area contributed by atoms with Crippen LogP contribution in [0.4, 0.5) is 0 Å². The zero-order valence-corrected chi connectivity index (χ0v) is 7.62. The van der Waals surface area contributed by atoms with E-state index in [0.717, 1.165) is 18.4 Å². The van der Waals surface area contributed by atoms with Crippen LogP contribution in [-0.4, -0.2) is 11.4 Å². The molecule has 1 rings (SSSR count). The van der Waals surface area contributed by atoms with Gasteiger partial charge in [0.1, 0.15) is 0 Å². The lowest BCUT2D eigenvalue weighted by atomic mass is 9.92. The molecule has 0 aliphatic heterocycles. The third-order valence-electron chi connectivity index (χ3n) is 2.17. The predicted octanol–water partition coefficient (Wildman–Crippen LogP) is 2.75. The quantitative estimate of drug-likeness (QED) is 0.290. The second kappa shape index (κ2) is 4.10. The topological polar surface area (TPSA) is 32.6 Å². The van der Waals surface area contributed by atoms with Gasteiger partial charge in [-0.3, -0.25) is 0 Å². The number of rotatable bonds is 2. The van der Waals surface area contributed by atoms with Crippen molar-refractivity contribution < 1.29 is 5.21 Å². The molecule has 0 fully saturated rings. The average molecular weight is 165 g/mol. The lowest BCUT2D eigenvalue weighted by Crippen LogP contribution is -1.99. The summed E-state index contributed by atoms with van der Waals surface area (Å²) in [5, 5.41) is 11.3. The van der Waals surface area contributed by atoms with Gasteiger partial charge in [0.25, 0.3) is 0 Å². The first kappa shape index (κ1) is 9.04. The zero-order chi connectivity index (χ0) is 8.97. The minimum absolute atomic E-state index is 0.633. The minimum atomic E-state index is 0.633. The van der Waals surface area contributed by atoms with Crippen molar-refractivity contribution in [3.8, 4) is 0 Å². The maximum atomic E-state index is 8.30. The fourth-order valence-corrected chi connectivity index (χ4v) is 1.32. The van der Waals surface area contributed by atoms with Crippen molar-refractivity contribution in [2.45, 2.75) is 26.7 Å². The molecule has 0 aromatic rings. The summed E-state index contributed by atoms with van der Waals surface area (Å²) in [4.78, 5) is 0. The standard InChI is InChI=1S/C10H15NO/c1-8(2)10-5-3-9(4-6-10)7-11-12/h3,6-8,12H,4-5H2,1-2H3. The van der Waals surface area contributed by atoms with Gasteiger partial charge in [-0.1, -0.05) is 36.7 Å². The molecule has 0 spiro atoms. The molecule has 0 saturated carbocycles. The van der Waals surface area contributed by atoms with Crippen LogP contribution >= 0.6 is 0 Å². The van der Waals surface area contributed by atoms with Crippen LogP contribution in [0.15, 0.2) is 28.5 Å². The molecule has 0 saturated heterocycles. The second-order valence-electron chi connectivity index (χ2n) is 3.37. The van der Waals surface area contributed by atoms with Crippen LogP contribution in [0.5, 0.6) is 0 Å². The van der Waals surface area contributed by atoms with Gasteiger partial charge in [-0.2, -0.15) is 0 Å². The largest absolute Gasteiger partial charge is 0.411 e. The highest BCUT2D eigenvalue weighted by molar-refractivity contribution is 5.78. The Morgan fingerprint density at radius 3 is 2.58 bits per heavy atom. The summed E-state index contributed by atoms with van der Waals surface area (Å²) in [5.74, 6) is 0.633. The highest BCUT2D eigenvalue weighted by Gasteiger charge is 2.06. The maximum absolute atomic E-state index is 8.30. The third-order valence-corrected chi connectivity index (χ3v) is 2.17. The Morgan fingerprint density at radius 1 is 1.42 bits per heavy atom. The molecule has 0 bridgehead atoms. The van der Waals surface area contributed by atoms with Gasteiger partial charge in [0.2, 0.25) is 0 Å². The van der Waals surface area contributed by atoms with Crippen LogP contribution in [0.1, 0.15) is 26.7 Å². The Labute approximate surface area is 73.3 Å². The molecule has 2 nitrogen and oxygen atoms in total. The molecule has 1 N–H and O–H groups in total. The van der Waals surface area contributed by atoms with Gasteiger partial charge in [0, 0.05) is 0 Å². The first-order chi connectivity index (χ1) is 5.74. The Morgan fingerprint density at radius 2 is 2.17 bits per heavy atom. The Hall–Kier alpha value is -1.05. The predicted molar refractivity (Wildman–Crippen MR) is 50.5 cm³/mol. The SMILES string of the molecule is CC(C)C1=CCC(C=NO)=CC1. The highest BCUT2D eigenvalue weighted by Crippen LogP contribution is 2.22. The number of hydrogen-bond acceptors (Lipinski definition) is 2. The van der Waals surface area contributed by atoms with Crippen molar-refractivity contribution in [2.24, 2.45) is 11.1 Å². The molecule has 66 valence electrons. The van der Waals surface area contributed by atoms with Crippen molar-refractivity contribution in [2.75, 3.05) is 0 Å². The summed E-state index contributed by atoms with van der Waals surface area (Å²) in [5.41, 5.74) is 2.58. The lowest BCUT2D eigenvalue weighted by molar-refractivity contribution is 0.321. The Balaban J connectivity index is 2.54. The van der Waals surface area contributed by atoms with E-state index in [1.807, 2.05) is 0 Å². The lowest BCUT2D eigenvalue weighted by Gasteiger charge is -2.13. The smallest absolute Gasteiger partial charge is 0.0693 e. The van der Waals surface area contributed by atoms with Crippen molar-refractivity contribution in [1.82, 2.24) is 0 Å². The zero-order valence-electron chi connectivity index (χ0n) is 7.62. The number of allylic oxidation sites excluding steroid dienone is 4. The van der Waals surface area contributed by atoms with E-state index in [2.05, 4.69) is 31.2 Å². The molecule has 1 aliphatic carbocycles. The van der Waals surface area contributed by atoms with E-state index in [4.69, 9.17) is 5.21 Å². The summed E-state index contributed by atoms with van der Waals surface area (Å²) < 4.78 is 0. The van der Waals surface area contributed by atoms with Gasteiger partial charge in [-0.05, 0) is 24.3 Å². The summed E-state index contributed by atoms with van der Waals surface area (Å²) in [7, 11) is 0. The fourth-order valence-electron chi connectivity index (χ4n) is 1.32. The molecule has 0 amide bonds. The Bertz CT molecular complexity index is 236. The molecule has 0 heterocycles. The van der Waals surface area contributed by atoms with E-state index in [1.165, 1.54) is 11.8 Å². The van der Waals surface area contributed by atoms with Gasteiger partial charge in [-0.15, -0.1) is 0 Å². The van der Waals surface area contributed by atoms with Gasteiger partial charge >= 0.3 is 0 Å². The summed E-state index contributed by atoms with van der Waals surface area (Å²) in [6.07, 6.45) is 7.75. The van der Waals surface area contributed by atoms with E-state index < -0.39 is 0 Å². The Kier molecular flexibility index (Phi) is 3.09. The second-order valence-corrected chi connectivity index (χ2v) is 3.37. The van der Waals surface area contributed by atoms with Crippen molar-refractivity contribution in [3.05, 3.63) is 23.3 Å². The molecule has 1 aliphatic rings. The molecule has 0 aromatic heterocycles. The molecule has 0 radical (unpaired) electrons. The molecule has 2 heteroatoms. The van der Waals surface area contributed by atoms with E-state index in [0.29, 0.717) is 5.92 Å². The minimum Gasteiger partial charge on any atom is -0.411 e. The van der Waals surface area contributed by atoms with Crippen molar-refractivity contribution in [1.29, 1.82) is 0 Å². The monoisotopic (exact) mass is 165 g/mol. The fraction of sp³-hybridized carbons (Fsp3) is 0.500. The molecular weight excluding hydrogens is 150 g/mol. The number of hydrogen-bond donors (Lipinski definition) is 1. The van der Waals surface area contributed by atoms with Gasteiger partial charge in [-0.25, -0.2) is 0 Å². The van der Waals surface area contributed by atoms with E-state index in [-0.39, 0.29) is 0 Å². The normalized spacial score (nSPS) is 18.2. The van der Waals surface area contributed by atoms with Gasteiger partial charge in [0.05, 0.1) is 6.21 Å². The highest BCUT2D eigenvalue weighted by atomic mass is 16.4. The summed E-state index contributed by atoms with van der Waals surface area (Å²) >= 11 is 0. The first-order valence-electron chi connectivity index (χ1n) is 4.29. The van der Waals surface area contributed by atoms with Crippen molar-refractivity contribution in [3.63, 3.8) is 0 Å². The van der Waals surface area contributed by atoms with E-state index in [9.17, 15) is 0 Å². The van der Waals surface area contributed by atoms with Crippen LogP contribution in [0.3, 0.4) is 0 Å². The van der Waals surface area contributed by atoms with Crippen LogP contribution in [-0.2, 0) is 0 Å². The van der Waals surface area contributed by atoms with E-state index in [1.54, 1.807) is 0 Å². The maximum Gasteiger partial charge on any atom is 0.0693 e. The van der Waals surface area contributed by atoms with E-state index >= 15 is 0 Å². The van der Waals surface area contributed by atoms with Crippen molar-refractivity contribution >= 4 is 6.21 Å². The average Bonchev–Trinajstić information content (AvgIpc) is 2.06. The number of oxime groups is 1. The van der Waals surface area contributed by atoms with Gasteiger partial charge in [0.15, 0.2) is 0 Å². The molecule has 0 aromatic carbocycles. The third kappa shape index (κ3) is 2.22. The summed E-state index contributed by atoms with van der Waals surface area (Å²) in [6.45, 7) is 4.40. The molecule has 12 heavy (non-hydrogen) atoms. The van der Waals surface area contributed by atoms with Crippen LogP contribution in [0.25, 0.3) is 0 Å². The number of nitrogens with zero attached hydrogens (tertiary/aromatic N) is 1. The van der Waals surface area contributed by atoms with Gasteiger partial charge < -0.3 is 5.21 Å². The summed E-state index contributed by atoms with van der Waals surface area (Å²) in [6, 6.07) is 0. The van der Waals surface area contributed by atoms with Crippen LogP contribution in [0, 0.1) is 5.92 Å². The van der Waals surface area contributed by atoms with Crippen LogP contribution < -0.4 is 0 Å². The molecule has 0 atom stereocenters. The molecular formula is C10H15NO. The first-order valence-corrected chi connectivity index (χ1v) is 4.29.